The standard InChI is InChI=1S/C27H37N3O5Si/c1-9-34-26(31)25-18-28-23-11-10-19(16-24(23)29-25)30(12-13-35-36(7,8)27(2,3)4)20-14-21(32-5)17-22(15-20)33-6/h10-11,14-18H,9,12-13H2,1-8H3. The maximum Gasteiger partial charge on any atom is 0.358 e. The fourth-order valence-electron chi connectivity index (χ4n) is 3.44. The molecule has 1 aromatic heterocycles. The Morgan fingerprint density at radius 2 is 1.64 bits per heavy atom. The highest BCUT2D eigenvalue weighted by molar-refractivity contribution is 6.74. The van der Waals surface area contributed by atoms with Crippen molar-refractivity contribution in [3.05, 3.63) is 48.3 Å². The number of fused-ring (bicyclic) bond motifs is 1. The van der Waals surface area contributed by atoms with Gasteiger partial charge in [-0.25, -0.2) is 9.78 Å². The van der Waals surface area contributed by atoms with Crippen LogP contribution >= 0.6 is 0 Å². The number of ether oxygens (including phenoxy) is 3. The van der Waals surface area contributed by atoms with Crippen molar-refractivity contribution in [3.63, 3.8) is 0 Å². The smallest absolute Gasteiger partial charge is 0.358 e. The first-order valence-electron chi connectivity index (χ1n) is 12.1. The molecule has 8 nitrogen and oxygen atoms in total. The van der Waals surface area contributed by atoms with Gasteiger partial charge in [-0.3, -0.25) is 4.98 Å². The van der Waals surface area contributed by atoms with E-state index >= 15 is 0 Å². The van der Waals surface area contributed by atoms with Crippen molar-refractivity contribution in [1.29, 1.82) is 0 Å². The second-order valence-electron chi connectivity index (χ2n) is 9.98. The molecule has 36 heavy (non-hydrogen) atoms. The molecule has 1 heterocycles. The first kappa shape index (κ1) is 27.4. The number of anilines is 2. The van der Waals surface area contributed by atoms with E-state index in [1.807, 2.05) is 36.4 Å². The Hall–Kier alpha value is -3.17. The number of carbonyl (C=O) groups is 1. The number of aromatic nitrogens is 2. The molecule has 0 aliphatic heterocycles. The molecular weight excluding hydrogens is 474 g/mol. The number of rotatable bonds is 10. The summed E-state index contributed by atoms with van der Waals surface area (Å²) in [5.41, 5.74) is 3.24. The minimum Gasteiger partial charge on any atom is -0.497 e. The summed E-state index contributed by atoms with van der Waals surface area (Å²) in [5.74, 6) is 0.879. The van der Waals surface area contributed by atoms with Crippen LogP contribution in [-0.4, -0.2) is 58.2 Å². The Kier molecular flexibility index (Phi) is 8.57. The van der Waals surface area contributed by atoms with E-state index < -0.39 is 14.3 Å². The van der Waals surface area contributed by atoms with Crippen molar-refractivity contribution in [2.75, 3.05) is 38.9 Å². The molecular formula is C27H37N3O5Si. The number of hydrogen-bond donors (Lipinski definition) is 0. The van der Waals surface area contributed by atoms with Gasteiger partial charge in [0.05, 0.1) is 44.7 Å². The van der Waals surface area contributed by atoms with E-state index in [1.54, 1.807) is 21.1 Å². The van der Waals surface area contributed by atoms with Crippen LogP contribution < -0.4 is 14.4 Å². The number of hydrogen-bond acceptors (Lipinski definition) is 8. The molecule has 0 spiro atoms. The number of benzene rings is 2. The van der Waals surface area contributed by atoms with Crippen LogP contribution in [-0.2, 0) is 9.16 Å². The topological polar surface area (TPSA) is 83.0 Å². The molecule has 3 aromatic rings. The number of carbonyl (C=O) groups excluding carboxylic acids is 1. The van der Waals surface area contributed by atoms with Crippen LogP contribution in [0.3, 0.4) is 0 Å². The highest BCUT2D eigenvalue weighted by atomic mass is 28.4. The van der Waals surface area contributed by atoms with Gasteiger partial charge in [-0.1, -0.05) is 20.8 Å². The molecule has 0 radical (unpaired) electrons. The van der Waals surface area contributed by atoms with Gasteiger partial charge >= 0.3 is 5.97 Å². The van der Waals surface area contributed by atoms with Crippen molar-refractivity contribution in [2.45, 2.75) is 45.8 Å². The maximum atomic E-state index is 12.2. The second kappa shape index (κ2) is 11.3. The lowest BCUT2D eigenvalue weighted by molar-refractivity contribution is 0.0519. The van der Waals surface area contributed by atoms with E-state index in [1.165, 1.54) is 6.20 Å². The molecule has 0 saturated carbocycles. The van der Waals surface area contributed by atoms with E-state index in [2.05, 4.69) is 48.7 Å². The van der Waals surface area contributed by atoms with Gasteiger partial charge in [0.25, 0.3) is 0 Å². The van der Waals surface area contributed by atoms with Crippen molar-refractivity contribution < 1.29 is 23.4 Å². The molecule has 9 heteroatoms. The molecule has 0 amide bonds. The lowest BCUT2D eigenvalue weighted by atomic mass is 10.2. The van der Waals surface area contributed by atoms with Gasteiger partial charge < -0.3 is 23.5 Å². The summed E-state index contributed by atoms with van der Waals surface area (Å²) in [5, 5.41) is 0.110. The molecule has 0 atom stereocenters. The van der Waals surface area contributed by atoms with E-state index in [0.717, 1.165) is 11.4 Å². The zero-order valence-electron chi connectivity index (χ0n) is 22.5. The summed E-state index contributed by atoms with van der Waals surface area (Å²) >= 11 is 0. The monoisotopic (exact) mass is 511 g/mol. The number of nitrogens with zero attached hydrogens (tertiary/aromatic N) is 3. The normalized spacial score (nSPS) is 11.9. The largest absolute Gasteiger partial charge is 0.497 e. The molecule has 0 saturated heterocycles. The average Bonchev–Trinajstić information content (AvgIpc) is 2.85. The molecule has 0 N–H and O–H groups in total. The van der Waals surface area contributed by atoms with Crippen LogP contribution in [0.4, 0.5) is 11.4 Å². The minimum atomic E-state index is -1.93. The zero-order chi connectivity index (χ0) is 26.5. The summed E-state index contributed by atoms with van der Waals surface area (Å²) in [4.78, 5) is 23.3. The van der Waals surface area contributed by atoms with Crippen LogP contribution in [0, 0.1) is 0 Å². The fourth-order valence-corrected chi connectivity index (χ4v) is 4.47. The summed E-state index contributed by atoms with van der Waals surface area (Å²) in [7, 11) is 1.33. The van der Waals surface area contributed by atoms with E-state index in [-0.39, 0.29) is 17.3 Å². The van der Waals surface area contributed by atoms with E-state index in [0.29, 0.717) is 35.7 Å². The Morgan fingerprint density at radius 3 is 2.22 bits per heavy atom. The lowest BCUT2D eigenvalue weighted by Gasteiger charge is -2.37. The molecule has 2 aromatic carbocycles. The molecule has 0 unspecified atom stereocenters. The third-order valence-corrected chi connectivity index (χ3v) is 11.1. The van der Waals surface area contributed by atoms with Crippen LogP contribution in [0.5, 0.6) is 11.5 Å². The fraction of sp³-hybridized carbons (Fsp3) is 0.444. The van der Waals surface area contributed by atoms with Gasteiger partial charge in [-0.15, -0.1) is 0 Å². The first-order chi connectivity index (χ1) is 17.0. The Morgan fingerprint density at radius 1 is 0.972 bits per heavy atom. The quantitative estimate of drug-likeness (QED) is 0.243. The van der Waals surface area contributed by atoms with Crippen LogP contribution in [0.25, 0.3) is 11.0 Å². The van der Waals surface area contributed by atoms with Gasteiger partial charge in [0, 0.05) is 36.1 Å². The Labute approximate surface area is 214 Å². The zero-order valence-corrected chi connectivity index (χ0v) is 23.5. The third-order valence-electron chi connectivity index (χ3n) is 6.55. The van der Waals surface area contributed by atoms with Crippen molar-refractivity contribution in [3.8, 4) is 11.5 Å². The van der Waals surface area contributed by atoms with Crippen LogP contribution in [0.1, 0.15) is 38.2 Å². The number of methoxy groups -OCH3 is 2. The molecule has 194 valence electrons. The van der Waals surface area contributed by atoms with Gasteiger partial charge in [0.15, 0.2) is 14.0 Å². The highest BCUT2D eigenvalue weighted by Crippen LogP contribution is 2.37. The van der Waals surface area contributed by atoms with Crippen LogP contribution in [0.15, 0.2) is 42.6 Å². The SMILES string of the molecule is CCOC(=O)c1cnc2ccc(N(CCO[Si](C)(C)C(C)(C)C)c3cc(OC)cc(OC)c3)cc2n1. The van der Waals surface area contributed by atoms with Crippen LogP contribution in [0.2, 0.25) is 18.1 Å². The summed E-state index contributed by atoms with van der Waals surface area (Å²) in [6, 6.07) is 11.6. The second-order valence-corrected chi connectivity index (χ2v) is 14.8. The van der Waals surface area contributed by atoms with E-state index in [4.69, 9.17) is 18.6 Å². The Balaban J connectivity index is 2.03. The lowest BCUT2D eigenvalue weighted by Crippen LogP contribution is -2.42. The van der Waals surface area contributed by atoms with Gasteiger partial charge in [0.1, 0.15) is 11.5 Å². The highest BCUT2D eigenvalue weighted by Gasteiger charge is 2.37. The van der Waals surface area contributed by atoms with Gasteiger partial charge in [-0.2, -0.15) is 0 Å². The Bertz CT molecular complexity index is 1190. The molecule has 3 rings (SSSR count). The van der Waals surface area contributed by atoms with Gasteiger partial charge in [-0.05, 0) is 43.3 Å². The van der Waals surface area contributed by atoms with E-state index in [9.17, 15) is 4.79 Å². The van der Waals surface area contributed by atoms with Crippen molar-refractivity contribution in [1.82, 2.24) is 9.97 Å². The predicted molar refractivity (Wildman–Crippen MR) is 145 cm³/mol. The summed E-state index contributed by atoms with van der Waals surface area (Å²) in [6.45, 7) is 14.4. The molecule has 0 aliphatic carbocycles. The molecule has 0 aliphatic rings. The van der Waals surface area contributed by atoms with Crippen molar-refractivity contribution >= 4 is 36.7 Å². The summed E-state index contributed by atoms with van der Waals surface area (Å²) in [6.07, 6.45) is 1.44. The molecule has 0 fully saturated rings. The minimum absolute atomic E-state index is 0.110. The van der Waals surface area contributed by atoms with Gasteiger partial charge in [0.2, 0.25) is 0 Å². The maximum absolute atomic E-state index is 12.2. The summed E-state index contributed by atoms with van der Waals surface area (Å²) < 4.78 is 22.6. The third kappa shape index (κ3) is 6.33. The predicted octanol–water partition coefficient (Wildman–Crippen LogP) is 5.98. The number of esters is 1. The van der Waals surface area contributed by atoms with Crippen molar-refractivity contribution in [2.24, 2.45) is 0 Å². The first-order valence-corrected chi connectivity index (χ1v) is 15.0. The molecule has 0 bridgehead atoms. The average molecular weight is 512 g/mol.